The van der Waals surface area contributed by atoms with Gasteiger partial charge in [-0.05, 0) is 24.3 Å². The first kappa shape index (κ1) is 17.7. The Labute approximate surface area is 152 Å². The number of nitrogens with zero attached hydrogens (tertiary/aromatic N) is 4. The van der Waals surface area contributed by atoms with Crippen LogP contribution in [0.5, 0.6) is 5.75 Å². The predicted molar refractivity (Wildman–Crippen MR) is 98.7 cm³/mol. The van der Waals surface area contributed by atoms with Gasteiger partial charge in [0.25, 0.3) is 0 Å². The number of methoxy groups -OCH3 is 1. The van der Waals surface area contributed by atoms with Crippen LogP contribution in [0, 0.1) is 12.3 Å². The van der Waals surface area contributed by atoms with Crippen LogP contribution >= 0.6 is 0 Å². The van der Waals surface area contributed by atoms with E-state index < -0.39 is 5.66 Å². The van der Waals surface area contributed by atoms with Gasteiger partial charge in [-0.3, -0.25) is 10.1 Å². The molecule has 134 valence electrons. The second-order valence-electron chi connectivity index (χ2n) is 6.19. The van der Waals surface area contributed by atoms with Gasteiger partial charge in [-0.1, -0.05) is 0 Å². The number of benzene rings is 1. The second kappa shape index (κ2) is 7.40. The van der Waals surface area contributed by atoms with Gasteiger partial charge in [0.15, 0.2) is 5.66 Å². The van der Waals surface area contributed by atoms with E-state index in [-0.39, 0.29) is 5.91 Å². The molecule has 0 atom stereocenters. The first-order valence-corrected chi connectivity index (χ1v) is 8.40. The molecule has 26 heavy (non-hydrogen) atoms. The van der Waals surface area contributed by atoms with Gasteiger partial charge in [-0.15, -0.1) is 12.3 Å². The van der Waals surface area contributed by atoms with Crippen LogP contribution in [0.1, 0.15) is 25.7 Å². The highest BCUT2D eigenvalue weighted by Gasteiger charge is 2.39. The highest BCUT2D eigenvalue weighted by molar-refractivity contribution is 5.89. The Morgan fingerprint density at radius 1 is 1.31 bits per heavy atom. The quantitative estimate of drug-likeness (QED) is 0.740. The number of imidazole rings is 1. The van der Waals surface area contributed by atoms with Crippen LogP contribution in [0.15, 0.2) is 40.7 Å². The first-order chi connectivity index (χ1) is 12.6. The van der Waals surface area contributed by atoms with E-state index in [1.54, 1.807) is 13.3 Å². The van der Waals surface area contributed by atoms with Crippen LogP contribution in [-0.4, -0.2) is 28.2 Å². The van der Waals surface area contributed by atoms with Crippen molar-refractivity contribution in [2.75, 3.05) is 12.4 Å². The van der Waals surface area contributed by atoms with E-state index in [9.17, 15) is 4.79 Å². The number of hydrogen-bond acceptors (Lipinski definition) is 5. The van der Waals surface area contributed by atoms with Gasteiger partial charge in [0.2, 0.25) is 11.9 Å². The normalized spacial score (nSPS) is 13.9. The SMILES string of the molecule is C#CCCC1(CCC(=O)Nc2ncc(-c3ccc(OC)cc3)n2C)N=N1. The lowest BCUT2D eigenvalue weighted by Gasteiger charge is -2.10. The highest BCUT2D eigenvalue weighted by atomic mass is 16.5. The molecule has 0 bridgehead atoms. The molecule has 1 amide bonds. The largest absolute Gasteiger partial charge is 0.497 e. The van der Waals surface area contributed by atoms with E-state index in [0.717, 1.165) is 17.0 Å². The monoisotopic (exact) mass is 351 g/mol. The minimum absolute atomic E-state index is 0.114. The molecule has 1 aromatic heterocycles. The Bertz CT molecular complexity index is 855. The molecule has 1 aromatic carbocycles. The van der Waals surface area contributed by atoms with Crippen molar-refractivity contribution in [2.45, 2.75) is 31.3 Å². The van der Waals surface area contributed by atoms with Gasteiger partial charge >= 0.3 is 0 Å². The van der Waals surface area contributed by atoms with E-state index in [4.69, 9.17) is 11.2 Å². The molecule has 0 fully saturated rings. The Hall–Kier alpha value is -3.14. The van der Waals surface area contributed by atoms with Gasteiger partial charge in [-0.25, -0.2) is 4.98 Å². The summed E-state index contributed by atoms with van der Waals surface area (Å²) in [4.78, 5) is 16.5. The smallest absolute Gasteiger partial charge is 0.226 e. The number of ether oxygens (including phenoxy) is 1. The molecule has 7 heteroatoms. The topological polar surface area (TPSA) is 80.9 Å². The zero-order valence-electron chi connectivity index (χ0n) is 14.9. The lowest BCUT2D eigenvalue weighted by atomic mass is 10.0. The van der Waals surface area contributed by atoms with E-state index >= 15 is 0 Å². The molecule has 1 aliphatic heterocycles. The molecule has 0 spiro atoms. The van der Waals surface area contributed by atoms with E-state index in [2.05, 4.69) is 26.4 Å². The predicted octanol–water partition coefficient (Wildman–Crippen LogP) is 3.39. The molecule has 0 unspecified atom stereocenters. The summed E-state index contributed by atoms with van der Waals surface area (Å²) in [6.07, 6.45) is 9.20. The third-order valence-corrected chi connectivity index (χ3v) is 4.43. The van der Waals surface area contributed by atoms with Crippen LogP contribution in [0.25, 0.3) is 11.3 Å². The maximum atomic E-state index is 12.2. The van der Waals surface area contributed by atoms with Gasteiger partial charge in [0.05, 0.1) is 19.0 Å². The van der Waals surface area contributed by atoms with Gasteiger partial charge in [0, 0.05) is 38.3 Å². The lowest BCUT2D eigenvalue weighted by molar-refractivity contribution is -0.116. The van der Waals surface area contributed by atoms with Crippen LogP contribution in [0.4, 0.5) is 5.95 Å². The number of nitrogens with one attached hydrogen (secondary N) is 1. The molecule has 3 rings (SSSR count). The average Bonchev–Trinajstić information content (AvgIpc) is 3.36. The molecule has 7 nitrogen and oxygen atoms in total. The Balaban J connectivity index is 1.59. The molecule has 0 saturated heterocycles. The van der Waals surface area contributed by atoms with Crippen molar-refractivity contribution < 1.29 is 9.53 Å². The molecular formula is C19H21N5O2. The fourth-order valence-corrected chi connectivity index (χ4v) is 2.72. The first-order valence-electron chi connectivity index (χ1n) is 8.40. The average molecular weight is 351 g/mol. The Morgan fingerprint density at radius 3 is 2.65 bits per heavy atom. The Morgan fingerprint density at radius 2 is 2.04 bits per heavy atom. The zero-order chi connectivity index (χ0) is 18.6. The maximum Gasteiger partial charge on any atom is 0.226 e. The number of carbonyl (C=O) groups is 1. The summed E-state index contributed by atoms with van der Waals surface area (Å²) in [6, 6.07) is 7.68. The van der Waals surface area contributed by atoms with Crippen molar-refractivity contribution >= 4 is 11.9 Å². The minimum atomic E-state index is -0.445. The molecule has 0 aliphatic carbocycles. The van der Waals surface area contributed by atoms with Crippen LogP contribution in [0.2, 0.25) is 0 Å². The van der Waals surface area contributed by atoms with Gasteiger partial charge in [0.1, 0.15) is 5.75 Å². The third-order valence-electron chi connectivity index (χ3n) is 4.43. The molecule has 2 heterocycles. The van der Waals surface area contributed by atoms with Gasteiger partial charge in [-0.2, -0.15) is 10.2 Å². The number of aromatic nitrogens is 2. The Kier molecular flexibility index (Phi) is 5.03. The summed E-state index contributed by atoms with van der Waals surface area (Å²) >= 11 is 0. The van der Waals surface area contributed by atoms with E-state index in [1.165, 1.54) is 0 Å². The van der Waals surface area contributed by atoms with Crippen molar-refractivity contribution in [1.29, 1.82) is 0 Å². The van der Waals surface area contributed by atoms with Crippen LogP contribution in [-0.2, 0) is 11.8 Å². The molecule has 2 aromatic rings. The van der Waals surface area contributed by atoms with Crippen LogP contribution < -0.4 is 10.1 Å². The van der Waals surface area contributed by atoms with Crippen LogP contribution in [0.3, 0.4) is 0 Å². The minimum Gasteiger partial charge on any atom is -0.497 e. The number of terminal acetylenes is 1. The number of hydrogen-bond donors (Lipinski definition) is 1. The second-order valence-corrected chi connectivity index (χ2v) is 6.19. The molecule has 1 aliphatic rings. The van der Waals surface area contributed by atoms with Crippen molar-refractivity contribution in [2.24, 2.45) is 17.3 Å². The van der Waals surface area contributed by atoms with Crippen molar-refractivity contribution in [1.82, 2.24) is 9.55 Å². The third kappa shape index (κ3) is 3.91. The van der Waals surface area contributed by atoms with Gasteiger partial charge < -0.3 is 9.30 Å². The summed E-state index contributed by atoms with van der Waals surface area (Å²) in [5.41, 5.74) is 1.45. The zero-order valence-corrected chi connectivity index (χ0v) is 14.9. The van der Waals surface area contributed by atoms with Crippen molar-refractivity contribution in [3.63, 3.8) is 0 Å². The number of amides is 1. The fraction of sp³-hybridized carbons (Fsp3) is 0.368. The van der Waals surface area contributed by atoms with Crippen molar-refractivity contribution in [3.05, 3.63) is 30.5 Å². The van der Waals surface area contributed by atoms with Crippen molar-refractivity contribution in [3.8, 4) is 29.4 Å². The lowest BCUT2D eigenvalue weighted by Crippen LogP contribution is -2.19. The summed E-state index contributed by atoms with van der Waals surface area (Å²) in [5, 5.41) is 10.9. The summed E-state index contributed by atoms with van der Waals surface area (Å²) < 4.78 is 7.02. The standard InChI is InChI=1S/C19H21N5O2/c1-4-5-11-19(22-23-19)12-10-17(25)21-18-20-13-16(24(18)2)14-6-8-15(26-3)9-7-14/h1,6-9,13H,5,10-12H2,2-3H3,(H,20,21,25). The molecule has 0 saturated carbocycles. The number of anilines is 1. The molecule has 0 radical (unpaired) electrons. The fourth-order valence-electron chi connectivity index (χ4n) is 2.72. The summed E-state index contributed by atoms with van der Waals surface area (Å²) in [5.74, 6) is 3.76. The summed E-state index contributed by atoms with van der Waals surface area (Å²) in [6.45, 7) is 0. The molecule has 1 N–H and O–H groups in total. The highest BCUT2D eigenvalue weighted by Crippen LogP contribution is 2.37. The maximum absolute atomic E-state index is 12.2. The number of rotatable bonds is 8. The molecular weight excluding hydrogens is 330 g/mol. The summed E-state index contributed by atoms with van der Waals surface area (Å²) in [7, 11) is 3.49. The number of carbonyl (C=O) groups excluding carboxylic acids is 1. The van der Waals surface area contributed by atoms with E-state index in [0.29, 0.717) is 31.6 Å². The van der Waals surface area contributed by atoms with E-state index in [1.807, 2.05) is 35.9 Å².